The molecule has 0 saturated heterocycles. The van der Waals surface area contributed by atoms with Crippen LogP contribution in [0.3, 0.4) is 0 Å². The Balaban J connectivity index is 1.58. The summed E-state index contributed by atoms with van der Waals surface area (Å²) in [5, 5.41) is 2.92. The van der Waals surface area contributed by atoms with Crippen molar-refractivity contribution in [3.8, 4) is 0 Å². The average Bonchev–Trinajstić information content (AvgIpc) is 3.39. The highest BCUT2D eigenvalue weighted by atomic mass is 16.2. The standard InChI is InChI=1S/C22H27N3O2/c1-15-13-20(15)21(26)23-18-9-7-17(8-10-18)22(27)25(4)14-16-5-11-19(12-6-16)24(2)3/h5-12,15,20H,13-14H2,1-4H3,(H,23,26). The fourth-order valence-corrected chi connectivity index (χ4v) is 3.08. The molecule has 27 heavy (non-hydrogen) atoms. The monoisotopic (exact) mass is 365 g/mol. The minimum atomic E-state index is -0.0413. The van der Waals surface area contributed by atoms with Crippen LogP contribution in [-0.4, -0.2) is 37.9 Å². The van der Waals surface area contributed by atoms with Crippen LogP contribution in [-0.2, 0) is 11.3 Å². The summed E-state index contributed by atoms with van der Waals surface area (Å²) in [5.74, 6) is 0.642. The van der Waals surface area contributed by atoms with E-state index in [0.29, 0.717) is 18.0 Å². The van der Waals surface area contributed by atoms with Crippen molar-refractivity contribution < 1.29 is 9.59 Å². The molecule has 2 unspecified atom stereocenters. The lowest BCUT2D eigenvalue weighted by molar-refractivity contribution is -0.117. The molecule has 2 aromatic carbocycles. The number of hydrogen-bond acceptors (Lipinski definition) is 3. The minimum Gasteiger partial charge on any atom is -0.378 e. The van der Waals surface area contributed by atoms with E-state index in [-0.39, 0.29) is 17.7 Å². The highest BCUT2D eigenvalue weighted by Gasteiger charge is 2.39. The van der Waals surface area contributed by atoms with Gasteiger partial charge < -0.3 is 15.1 Å². The first-order valence-corrected chi connectivity index (χ1v) is 9.28. The van der Waals surface area contributed by atoms with Gasteiger partial charge in [0.15, 0.2) is 0 Å². The number of amides is 2. The average molecular weight is 365 g/mol. The summed E-state index contributed by atoms with van der Waals surface area (Å²) in [7, 11) is 5.80. The molecule has 2 aromatic rings. The molecule has 0 aliphatic heterocycles. The lowest BCUT2D eigenvalue weighted by atomic mass is 10.1. The van der Waals surface area contributed by atoms with Crippen LogP contribution in [0.4, 0.5) is 11.4 Å². The van der Waals surface area contributed by atoms with Crippen molar-refractivity contribution in [3.05, 3.63) is 59.7 Å². The number of carbonyl (C=O) groups is 2. The van der Waals surface area contributed by atoms with Crippen LogP contribution in [0.5, 0.6) is 0 Å². The van der Waals surface area contributed by atoms with Gasteiger partial charge in [-0.2, -0.15) is 0 Å². The number of hydrogen-bond donors (Lipinski definition) is 1. The van der Waals surface area contributed by atoms with E-state index in [9.17, 15) is 9.59 Å². The molecule has 1 saturated carbocycles. The molecule has 1 aliphatic rings. The zero-order chi connectivity index (χ0) is 19.6. The molecule has 5 nitrogen and oxygen atoms in total. The molecule has 3 rings (SSSR count). The quantitative estimate of drug-likeness (QED) is 0.851. The van der Waals surface area contributed by atoms with Gasteiger partial charge in [-0.15, -0.1) is 0 Å². The Kier molecular flexibility index (Phi) is 5.49. The van der Waals surface area contributed by atoms with E-state index < -0.39 is 0 Å². The second-order valence-corrected chi connectivity index (χ2v) is 7.61. The summed E-state index contributed by atoms with van der Waals surface area (Å²) in [6.07, 6.45) is 0.961. The van der Waals surface area contributed by atoms with Crippen LogP contribution in [0.1, 0.15) is 29.3 Å². The summed E-state index contributed by atoms with van der Waals surface area (Å²) in [6.45, 7) is 2.63. The van der Waals surface area contributed by atoms with Crippen LogP contribution in [0, 0.1) is 11.8 Å². The van der Waals surface area contributed by atoms with Crippen LogP contribution < -0.4 is 10.2 Å². The SMILES string of the molecule is CC1CC1C(=O)Nc1ccc(C(=O)N(C)Cc2ccc(N(C)C)cc2)cc1. The van der Waals surface area contributed by atoms with Crippen molar-refractivity contribution in [2.24, 2.45) is 11.8 Å². The van der Waals surface area contributed by atoms with Gasteiger partial charge in [-0.1, -0.05) is 19.1 Å². The third-order valence-corrected chi connectivity index (χ3v) is 5.06. The Hall–Kier alpha value is -2.82. The van der Waals surface area contributed by atoms with E-state index in [0.717, 1.165) is 23.4 Å². The summed E-state index contributed by atoms with van der Waals surface area (Å²) in [5.41, 5.74) is 3.56. The van der Waals surface area contributed by atoms with Crippen LogP contribution in [0.2, 0.25) is 0 Å². The van der Waals surface area contributed by atoms with Gasteiger partial charge in [-0.05, 0) is 54.3 Å². The van der Waals surface area contributed by atoms with Gasteiger partial charge in [0, 0.05) is 50.5 Å². The predicted octanol–water partition coefficient (Wildman–Crippen LogP) is 3.62. The van der Waals surface area contributed by atoms with E-state index in [4.69, 9.17) is 0 Å². The highest BCUT2D eigenvalue weighted by molar-refractivity contribution is 5.96. The molecule has 1 N–H and O–H groups in total. The Labute approximate surface area is 161 Å². The van der Waals surface area contributed by atoms with Crippen molar-refractivity contribution in [1.29, 1.82) is 0 Å². The summed E-state index contributed by atoms with van der Waals surface area (Å²) in [4.78, 5) is 28.4. The molecule has 0 heterocycles. The maximum atomic E-state index is 12.6. The summed E-state index contributed by atoms with van der Waals surface area (Å²) < 4.78 is 0. The molecule has 0 bridgehead atoms. The predicted molar refractivity (Wildman–Crippen MR) is 109 cm³/mol. The molecular formula is C22H27N3O2. The van der Waals surface area contributed by atoms with Crippen molar-refractivity contribution >= 4 is 23.2 Å². The van der Waals surface area contributed by atoms with Crippen LogP contribution in [0.25, 0.3) is 0 Å². The number of benzene rings is 2. The van der Waals surface area contributed by atoms with Gasteiger partial charge in [-0.25, -0.2) is 0 Å². The molecule has 1 fully saturated rings. The maximum absolute atomic E-state index is 12.6. The smallest absolute Gasteiger partial charge is 0.253 e. The molecule has 142 valence electrons. The minimum absolute atomic E-state index is 0.0413. The summed E-state index contributed by atoms with van der Waals surface area (Å²) >= 11 is 0. The Bertz CT molecular complexity index is 812. The lowest BCUT2D eigenvalue weighted by Gasteiger charge is -2.19. The van der Waals surface area contributed by atoms with Crippen LogP contribution in [0.15, 0.2) is 48.5 Å². The molecule has 0 spiro atoms. The van der Waals surface area contributed by atoms with Crippen molar-refractivity contribution in [2.45, 2.75) is 19.9 Å². The zero-order valence-electron chi connectivity index (χ0n) is 16.4. The number of nitrogens with zero attached hydrogens (tertiary/aromatic N) is 2. The Morgan fingerprint density at radius 1 is 1.00 bits per heavy atom. The van der Waals surface area contributed by atoms with Crippen molar-refractivity contribution in [1.82, 2.24) is 4.90 Å². The molecule has 0 radical (unpaired) electrons. The lowest BCUT2D eigenvalue weighted by Crippen LogP contribution is -2.26. The highest BCUT2D eigenvalue weighted by Crippen LogP contribution is 2.38. The van der Waals surface area contributed by atoms with Crippen molar-refractivity contribution in [3.63, 3.8) is 0 Å². The zero-order valence-corrected chi connectivity index (χ0v) is 16.4. The number of nitrogens with one attached hydrogen (secondary N) is 1. The molecule has 2 amide bonds. The second-order valence-electron chi connectivity index (χ2n) is 7.61. The van der Waals surface area contributed by atoms with Gasteiger partial charge in [0.25, 0.3) is 5.91 Å². The Morgan fingerprint density at radius 3 is 2.11 bits per heavy atom. The third-order valence-electron chi connectivity index (χ3n) is 5.06. The fourth-order valence-electron chi connectivity index (χ4n) is 3.08. The van der Waals surface area contributed by atoms with Gasteiger partial charge in [0.1, 0.15) is 0 Å². The summed E-state index contributed by atoms with van der Waals surface area (Å²) in [6, 6.07) is 15.3. The van der Waals surface area contributed by atoms with Crippen molar-refractivity contribution in [2.75, 3.05) is 31.4 Å². The van der Waals surface area contributed by atoms with E-state index in [1.165, 1.54) is 0 Å². The first-order chi connectivity index (χ1) is 12.8. The van der Waals surface area contributed by atoms with Crippen LogP contribution >= 0.6 is 0 Å². The van der Waals surface area contributed by atoms with Gasteiger partial charge in [-0.3, -0.25) is 9.59 Å². The first-order valence-electron chi connectivity index (χ1n) is 9.28. The molecule has 5 heteroatoms. The largest absolute Gasteiger partial charge is 0.378 e. The number of rotatable bonds is 6. The number of carbonyl (C=O) groups excluding carboxylic acids is 2. The topological polar surface area (TPSA) is 52.7 Å². The normalized spacial score (nSPS) is 17.9. The third kappa shape index (κ3) is 4.67. The van der Waals surface area contributed by atoms with E-state index in [2.05, 4.69) is 12.2 Å². The molecular weight excluding hydrogens is 338 g/mol. The number of anilines is 2. The first kappa shape index (κ1) is 19.0. The molecule has 2 atom stereocenters. The Morgan fingerprint density at radius 2 is 1.59 bits per heavy atom. The maximum Gasteiger partial charge on any atom is 0.253 e. The molecule has 0 aromatic heterocycles. The van der Waals surface area contributed by atoms with E-state index >= 15 is 0 Å². The van der Waals surface area contributed by atoms with E-state index in [1.807, 2.05) is 43.3 Å². The fraction of sp³-hybridized carbons (Fsp3) is 0.364. The van der Waals surface area contributed by atoms with E-state index in [1.54, 1.807) is 36.2 Å². The van der Waals surface area contributed by atoms with Gasteiger partial charge >= 0.3 is 0 Å². The van der Waals surface area contributed by atoms with Gasteiger partial charge in [0.2, 0.25) is 5.91 Å². The van der Waals surface area contributed by atoms with Gasteiger partial charge in [0.05, 0.1) is 0 Å². The molecule has 1 aliphatic carbocycles. The second kappa shape index (κ2) is 7.82.